The minimum absolute atomic E-state index is 0.283. The Hall–Kier alpha value is -0.590. The number of hydrogen-bond donors (Lipinski definition) is 0. The lowest BCUT2D eigenvalue weighted by Crippen LogP contribution is -2.18. The molecule has 0 aromatic rings. The summed E-state index contributed by atoms with van der Waals surface area (Å²) >= 11 is 0. The highest BCUT2D eigenvalue weighted by Crippen LogP contribution is 2.35. The second-order valence-electron chi connectivity index (χ2n) is 3.99. The van der Waals surface area contributed by atoms with E-state index in [-0.39, 0.29) is 6.67 Å². The average molecular weight is 212 g/mol. The van der Waals surface area contributed by atoms with Gasteiger partial charge in [-0.25, -0.2) is 4.39 Å². The SMILES string of the molecule is CC.CCC1C=C(C)C(C)=C(CF)C1C. The van der Waals surface area contributed by atoms with E-state index in [0.717, 1.165) is 12.0 Å². The Bertz CT molecular complexity index is 248. The highest BCUT2D eigenvalue weighted by molar-refractivity contribution is 5.38. The third-order valence-electron chi connectivity index (χ3n) is 3.34. The van der Waals surface area contributed by atoms with Crippen molar-refractivity contribution in [3.05, 3.63) is 22.8 Å². The standard InChI is InChI=1S/C12H19F.C2H6/c1-5-11-6-8(2)9(3)12(7-13)10(11)4;1-2/h6,10-11H,5,7H2,1-4H3;1-2H3. The van der Waals surface area contributed by atoms with Crippen LogP contribution in [0.5, 0.6) is 0 Å². The maximum absolute atomic E-state index is 12.8. The van der Waals surface area contributed by atoms with E-state index >= 15 is 0 Å². The normalized spacial score (nSPS) is 25.7. The molecule has 0 heterocycles. The topological polar surface area (TPSA) is 0 Å². The molecular formula is C14H25F. The van der Waals surface area contributed by atoms with Crippen molar-refractivity contribution < 1.29 is 4.39 Å². The summed E-state index contributed by atoms with van der Waals surface area (Å²) in [6.07, 6.45) is 3.40. The van der Waals surface area contributed by atoms with Crippen LogP contribution < -0.4 is 0 Å². The first kappa shape index (κ1) is 14.4. The van der Waals surface area contributed by atoms with Crippen molar-refractivity contribution in [2.75, 3.05) is 6.67 Å². The molecule has 15 heavy (non-hydrogen) atoms. The van der Waals surface area contributed by atoms with Gasteiger partial charge in [0.1, 0.15) is 6.67 Å². The Balaban J connectivity index is 0.000000921. The van der Waals surface area contributed by atoms with Gasteiger partial charge in [-0.15, -0.1) is 0 Å². The van der Waals surface area contributed by atoms with Gasteiger partial charge in [-0.1, -0.05) is 39.3 Å². The fourth-order valence-electron chi connectivity index (χ4n) is 2.14. The largest absolute Gasteiger partial charge is 0.246 e. The first-order valence-corrected chi connectivity index (χ1v) is 6.06. The van der Waals surface area contributed by atoms with Gasteiger partial charge in [-0.3, -0.25) is 0 Å². The summed E-state index contributed by atoms with van der Waals surface area (Å²) in [6.45, 7) is 12.1. The Kier molecular flexibility index (Phi) is 6.55. The predicted octanol–water partition coefficient (Wildman–Crippen LogP) is 4.92. The molecule has 0 N–H and O–H groups in total. The summed E-state index contributed by atoms with van der Waals surface area (Å²) in [6, 6.07) is 0. The highest BCUT2D eigenvalue weighted by atomic mass is 19.1. The smallest absolute Gasteiger partial charge is 0.111 e. The van der Waals surface area contributed by atoms with E-state index in [2.05, 4.69) is 26.8 Å². The molecule has 1 aliphatic rings. The van der Waals surface area contributed by atoms with E-state index in [1.807, 2.05) is 20.8 Å². The Morgan fingerprint density at radius 3 is 2.20 bits per heavy atom. The van der Waals surface area contributed by atoms with Gasteiger partial charge < -0.3 is 0 Å². The van der Waals surface area contributed by atoms with Crippen LogP contribution in [0.1, 0.15) is 48.0 Å². The third kappa shape index (κ3) is 3.19. The van der Waals surface area contributed by atoms with Crippen LogP contribution in [0.4, 0.5) is 4.39 Å². The molecule has 0 radical (unpaired) electrons. The lowest BCUT2D eigenvalue weighted by atomic mass is 9.77. The summed E-state index contributed by atoms with van der Waals surface area (Å²) in [5.74, 6) is 0.924. The van der Waals surface area contributed by atoms with Gasteiger partial charge in [0.05, 0.1) is 0 Å². The van der Waals surface area contributed by atoms with Crippen molar-refractivity contribution in [3.63, 3.8) is 0 Å². The maximum atomic E-state index is 12.8. The maximum Gasteiger partial charge on any atom is 0.111 e. The summed E-state index contributed by atoms with van der Waals surface area (Å²) in [7, 11) is 0. The quantitative estimate of drug-likeness (QED) is 0.609. The zero-order valence-corrected chi connectivity index (χ0v) is 11.0. The molecule has 0 aromatic heterocycles. The van der Waals surface area contributed by atoms with Crippen LogP contribution in [-0.4, -0.2) is 6.67 Å². The van der Waals surface area contributed by atoms with Crippen molar-refractivity contribution >= 4 is 0 Å². The molecule has 2 atom stereocenters. The predicted molar refractivity (Wildman–Crippen MR) is 66.7 cm³/mol. The van der Waals surface area contributed by atoms with Gasteiger partial charge in [0.15, 0.2) is 0 Å². The molecule has 2 unspecified atom stereocenters. The fraction of sp³-hybridized carbons (Fsp3) is 0.714. The molecule has 0 nitrogen and oxygen atoms in total. The zero-order chi connectivity index (χ0) is 12.0. The molecule has 0 aromatic carbocycles. The summed E-state index contributed by atoms with van der Waals surface area (Å²) in [4.78, 5) is 0. The molecule has 0 amide bonds. The van der Waals surface area contributed by atoms with Gasteiger partial charge >= 0.3 is 0 Å². The van der Waals surface area contributed by atoms with E-state index in [1.165, 1.54) is 11.1 Å². The first-order chi connectivity index (χ1) is 7.11. The van der Waals surface area contributed by atoms with Crippen molar-refractivity contribution in [2.24, 2.45) is 11.8 Å². The molecule has 0 saturated carbocycles. The number of alkyl halides is 1. The minimum Gasteiger partial charge on any atom is -0.246 e. The second kappa shape index (κ2) is 6.81. The molecule has 0 fully saturated rings. The number of hydrogen-bond acceptors (Lipinski definition) is 0. The zero-order valence-electron chi connectivity index (χ0n) is 11.0. The summed E-state index contributed by atoms with van der Waals surface area (Å²) in [5.41, 5.74) is 3.43. The number of halogens is 1. The van der Waals surface area contributed by atoms with Crippen LogP contribution in [0.15, 0.2) is 22.8 Å². The highest BCUT2D eigenvalue weighted by Gasteiger charge is 2.23. The molecule has 0 saturated heterocycles. The molecule has 0 aliphatic heterocycles. The lowest BCUT2D eigenvalue weighted by Gasteiger charge is -2.28. The van der Waals surface area contributed by atoms with Gasteiger partial charge in [-0.05, 0) is 43.3 Å². The molecule has 0 bridgehead atoms. The van der Waals surface area contributed by atoms with Crippen LogP contribution in [0.3, 0.4) is 0 Å². The average Bonchev–Trinajstić information content (AvgIpc) is 2.27. The van der Waals surface area contributed by atoms with Crippen molar-refractivity contribution in [1.82, 2.24) is 0 Å². The minimum atomic E-state index is -0.283. The van der Waals surface area contributed by atoms with Crippen LogP contribution in [-0.2, 0) is 0 Å². The number of allylic oxidation sites excluding steroid dienone is 4. The summed E-state index contributed by atoms with van der Waals surface area (Å²) in [5, 5.41) is 0. The van der Waals surface area contributed by atoms with Gasteiger partial charge in [-0.2, -0.15) is 0 Å². The molecule has 1 aliphatic carbocycles. The number of rotatable bonds is 2. The Morgan fingerprint density at radius 2 is 1.80 bits per heavy atom. The van der Waals surface area contributed by atoms with Crippen molar-refractivity contribution in [1.29, 1.82) is 0 Å². The fourth-order valence-corrected chi connectivity index (χ4v) is 2.14. The van der Waals surface area contributed by atoms with Gasteiger partial charge in [0.25, 0.3) is 0 Å². The molecule has 1 rings (SSSR count). The lowest BCUT2D eigenvalue weighted by molar-refractivity contribution is 0.412. The third-order valence-corrected chi connectivity index (χ3v) is 3.34. The van der Waals surface area contributed by atoms with E-state index in [0.29, 0.717) is 11.8 Å². The summed E-state index contributed by atoms with van der Waals surface area (Å²) < 4.78 is 12.8. The van der Waals surface area contributed by atoms with E-state index in [1.54, 1.807) is 0 Å². The van der Waals surface area contributed by atoms with Gasteiger partial charge in [0.2, 0.25) is 0 Å². The molecular weight excluding hydrogens is 187 g/mol. The Labute approximate surface area is 94.3 Å². The monoisotopic (exact) mass is 212 g/mol. The van der Waals surface area contributed by atoms with Crippen molar-refractivity contribution in [3.8, 4) is 0 Å². The van der Waals surface area contributed by atoms with Crippen molar-refractivity contribution in [2.45, 2.75) is 48.0 Å². The molecule has 88 valence electrons. The van der Waals surface area contributed by atoms with Crippen LogP contribution in [0.2, 0.25) is 0 Å². The van der Waals surface area contributed by atoms with E-state index in [4.69, 9.17) is 0 Å². The second-order valence-corrected chi connectivity index (χ2v) is 3.99. The van der Waals surface area contributed by atoms with Crippen LogP contribution >= 0.6 is 0 Å². The van der Waals surface area contributed by atoms with E-state index < -0.39 is 0 Å². The van der Waals surface area contributed by atoms with E-state index in [9.17, 15) is 4.39 Å². The molecule has 1 heteroatoms. The van der Waals surface area contributed by atoms with Crippen LogP contribution in [0.25, 0.3) is 0 Å². The van der Waals surface area contributed by atoms with Gasteiger partial charge in [0, 0.05) is 0 Å². The van der Waals surface area contributed by atoms with Crippen LogP contribution in [0, 0.1) is 11.8 Å². The molecule has 0 spiro atoms. The Morgan fingerprint density at radius 1 is 1.27 bits per heavy atom. The first-order valence-electron chi connectivity index (χ1n) is 6.06.